The second-order valence-electron chi connectivity index (χ2n) is 5.73. The van der Waals surface area contributed by atoms with Crippen LogP contribution >= 0.6 is 46.6 Å². The lowest BCUT2D eigenvalue weighted by molar-refractivity contribution is -0.113. The molecule has 0 saturated carbocycles. The molecule has 5 nitrogen and oxygen atoms in total. The number of anilines is 1. The Morgan fingerprint density at radius 3 is 2.44 bits per heavy atom. The monoisotopic (exact) mass is 440 g/mol. The predicted molar refractivity (Wildman–Crippen MR) is 112 cm³/mol. The first-order chi connectivity index (χ1) is 12.9. The largest absolute Gasteiger partial charge is 0.323 e. The van der Waals surface area contributed by atoms with E-state index in [1.165, 1.54) is 23.9 Å². The van der Waals surface area contributed by atoms with Gasteiger partial charge in [-0.25, -0.2) is 0 Å². The fraction of sp³-hybridized carbons (Fsp3) is 0.167. The van der Waals surface area contributed by atoms with Crippen molar-refractivity contribution < 1.29 is 4.79 Å². The van der Waals surface area contributed by atoms with Crippen molar-refractivity contribution in [2.24, 2.45) is 0 Å². The molecule has 0 saturated heterocycles. The van der Waals surface area contributed by atoms with E-state index in [4.69, 9.17) is 34.8 Å². The third-order valence-corrected chi connectivity index (χ3v) is 5.50. The van der Waals surface area contributed by atoms with Crippen LogP contribution in [-0.2, 0) is 4.79 Å². The van der Waals surface area contributed by atoms with Crippen LogP contribution in [0.2, 0.25) is 15.1 Å². The molecular weight excluding hydrogens is 427 g/mol. The summed E-state index contributed by atoms with van der Waals surface area (Å²) in [5, 5.41) is 12.6. The summed E-state index contributed by atoms with van der Waals surface area (Å²) < 4.78 is 1.93. The van der Waals surface area contributed by atoms with Gasteiger partial charge in [-0.2, -0.15) is 0 Å². The van der Waals surface area contributed by atoms with Gasteiger partial charge in [0.1, 0.15) is 5.82 Å². The first-order valence-electron chi connectivity index (χ1n) is 7.92. The van der Waals surface area contributed by atoms with Crippen LogP contribution in [0.25, 0.3) is 5.69 Å². The molecule has 1 heterocycles. The molecule has 0 aliphatic heterocycles. The molecule has 1 amide bonds. The third-order valence-electron chi connectivity index (χ3n) is 3.76. The van der Waals surface area contributed by atoms with Gasteiger partial charge in [0.2, 0.25) is 5.91 Å². The Labute approximate surface area is 176 Å². The van der Waals surface area contributed by atoms with E-state index in [1.54, 1.807) is 0 Å². The zero-order chi connectivity index (χ0) is 19.6. The molecule has 27 heavy (non-hydrogen) atoms. The van der Waals surface area contributed by atoms with E-state index < -0.39 is 0 Å². The van der Waals surface area contributed by atoms with E-state index in [0.29, 0.717) is 15.9 Å². The molecule has 3 rings (SSSR count). The normalized spacial score (nSPS) is 10.9. The number of aromatic nitrogens is 3. The summed E-state index contributed by atoms with van der Waals surface area (Å²) in [5.41, 5.74) is 2.41. The number of halogens is 3. The molecule has 1 aromatic heterocycles. The van der Waals surface area contributed by atoms with Crippen LogP contribution in [0.5, 0.6) is 0 Å². The Kier molecular flexibility index (Phi) is 6.32. The van der Waals surface area contributed by atoms with Gasteiger partial charge in [0.25, 0.3) is 0 Å². The minimum atomic E-state index is -0.261. The van der Waals surface area contributed by atoms with Crippen molar-refractivity contribution in [3.63, 3.8) is 0 Å². The maximum absolute atomic E-state index is 12.4. The van der Waals surface area contributed by atoms with E-state index in [0.717, 1.165) is 17.1 Å². The number of thioether (sulfide) groups is 1. The van der Waals surface area contributed by atoms with Crippen molar-refractivity contribution in [1.29, 1.82) is 0 Å². The smallest absolute Gasteiger partial charge is 0.234 e. The number of nitrogens with zero attached hydrogens (tertiary/aromatic N) is 3. The molecule has 0 spiro atoms. The number of aryl methyl sites for hydroxylation is 2. The number of nitrogens with one attached hydrogen (secondary N) is 1. The maximum atomic E-state index is 12.4. The van der Waals surface area contributed by atoms with Crippen LogP contribution in [0.3, 0.4) is 0 Å². The van der Waals surface area contributed by atoms with Gasteiger partial charge in [0, 0.05) is 5.02 Å². The standard InChI is InChI=1S/C18H15Cl3N4OS/c1-10-5-3-4-6-15(10)25-11(2)23-24-18(25)27-9-16(26)22-17-13(20)7-12(19)8-14(17)21/h3-8H,9H2,1-2H3,(H,22,26). The lowest BCUT2D eigenvalue weighted by Crippen LogP contribution is -2.15. The summed E-state index contributed by atoms with van der Waals surface area (Å²) in [6.07, 6.45) is 0. The summed E-state index contributed by atoms with van der Waals surface area (Å²) in [4.78, 5) is 12.4. The highest BCUT2D eigenvalue weighted by Gasteiger charge is 2.16. The Morgan fingerprint density at radius 1 is 1.11 bits per heavy atom. The lowest BCUT2D eigenvalue weighted by atomic mass is 10.2. The molecule has 0 unspecified atom stereocenters. The SMILES string of the molecule is Cc1ccccc1-n1c(C)nnc1SCC(=O)Nc1c(Cl)cc(Cl)cc1Cl. The molecule has 0 bridgehead atoms. The van der Waals surface area contributed by atoms with Crippen LogP contribution in [0, 0.1) is 13.8 Å². The van der Waals surface area contributed by atoms with Gasteiger partial charge in [-0.05, 0) is 37.6 Å². The number of amides is 1. The van der Waals surface area contributed by atoms with Crippen molar-refractivity contribution >= 4 is 58.2 Å². The van der Waals surface area contributed by atoms with E-state index in [-0.39, 0.29) is 21.7 Å². The molecule has 0 radical (unpaired) electrons. The molecule has 3 aromatic rings. The summed E-state index contributed by atoms with van der Waals surface area (Å²) in [6.45, 7) is 3.89. The minimum absolute atomic E-state index is 0.124. The zero-order valence-corrected chi connectivity index (χ0v) is 17.5. The van der Waals surface area contributed by atoms with Crippen molar-refractivity contribution in [2.45, 2.75) is 19.0 Å². The topological polar surface area (TPSA) is 59.8 Å². The van der Waals surface area contributed by atoms with Crippen LogP contribution in [0.15, 0.2) is 41.6 Å². The number of para-hydroxylation sites is 1. The molecule has 9 heteroatoms. The summed E-state index contributed by atoms with van der Waals surface area (Å²) >= 11 is 19.4. The van der Waals surface area contributed by atoms with Gasteiger partial charge in [-0.3, -0.25) is 9.36 Å². The van der Waals surface area contributed by atoms with Gasteiger partial charge < -0.3 is 5.32 Å². The number of rotatable bonds is 5. The third kappa shape index (κ3) is 4.58. The zero-order valence-electron chi connectivity index (χ0n) is 14.5. The number of carbonyl (C=O) groups excluding carboxylic acids is 1. The molecule has 2 aromatic carbocycles. The highest BCUT2D eigenvalue weighted by Crippen LogP contribution is 2.34. The summed E-state index contributed by atoms with van der Waals surface area (Å²) in [5.74, 6) is 0.610. The number of hydrogen-bond acceptors (Lipinski definition) is 4. The van der Waals surface area contributed by atoms with Crippen molar-refractivity contribution in [3.05, 3.63) is 62.9 Å². The maximum Gasteiger partial charge on any atom is 0.234 e. The first-order valence-corrected chi connectivity index (χ1v) is 10.0. The summed E-state index contributed by atoms with van der Waals surface area (Å²) in [6, 6.07) is 11.0. The van der Waals surface area contributed by atoms with E-state index in [9.17, 15) is 4.79 Å². The lowest BCUT2D eigenvalue weighted by Gasteiger charge is -2.12. The molecule has 1 N–H and O–H groups in total. The molecule has 0 aliphatic rings. The average molecular weight is 442 g/mol. The second kappa shape index (κ2) is 8.52. The van der Waals surface area contributed by atoms with Crippen LogP contribution in [0.1, 0.15) is 11.4 Å². The van der Waals surface area contributed by atoms with E-state index in [2.05, 4.69) is 15.5 Å². The Morgan fingerprint density at radius 2 is 1.78 bits per heavy atom. The van der Waals surface area contributed by atoms with Crippen LogP contribution in [0.4, 0.5) is 5.69 Å². The fourth-order valence-corrected chi connectivity index (χ4v) is 4.20. The second-order valence-corrected chi connectivity index (χ2v) is 7.93. The van der Waals surface area contributed by atoms with Crippen molar-refractivity contribution in [2.75, 3.05) is 11.1 Å². The predicted octanol–water partition coefficient (Wildman–Crippen LogP) is 5.58. The number of benzene rings is 2. The quantitative estimate of drug-likeness (QED) is 0.525. The molecule has 0 fully saturated rings. The highest BCUT2D eigenvalue weighted by molar-refractivity contribution is 7.99. The minimum Gasteiger partial charge on any atom is -0.323 e. The van der Waals surface area contributed by atoms with Crippen LogP contribution in [-0.4, -0.2) is 26.4 Å². The Balaban J connectivity index is 1.75. The van der Waals surface area contributed by atoms with E-state index in [1.807, 2.05) is 42.7 Å². The molecule has 140 valence electrons. The molecular formula is C18H15Cl3N4OS. The van der Waals surface area contributed by atoms with Crippen LogP contribution < -0.4 is 5.32 Å². The van der Waals surface area contributed by atoms with Crippen molar-refractivity contribution in [1.82, 2.24) is 14.8 Å². The average Bonchev–Trinajstić information content (AvgIpc) is 2.97. The van der Waals surface area contributed by atoms with Gasteiger partial charge in [0.15, 0.2) is 5.16 Å². The number of carbonyl (C=O) groups is 1. The highest BCUT2D eigenvalue weighted by atomic mass is 35.5. The van der Waals surface area contributed by atoms with Gasteiger partial charge in [0.05, 0.1) is 27.2 Å². The summed E-state index contributed by atoms with van der Waals surface area (Å²) in [7, 11) is 0. The number of hydrogen-bond donors (Lipinski definition) is 1. The molecule has 0 atom stereocenters. The van der Waals surface area contributed by atoms with Gasteiger partial charge in [-0.1, -0.05) is 64.8 Å². The Bertz CT molecular complexity index is 983. The molecule has 0 aliphatic carbocycles. The van der Waals surface area contributed by atoms with Crippen molar-refractivity contribution in [3.8, 4) is 5.69 Å². The van der Waals surface area contributed by atoms with Gasteiger partial charge >= 0.3 is 0 Å². The van der Waals surface area contributed by atoms with E-state index >= 15 is 0 Å². The Hall–Kier alpha value is -1.73. The first kappa shape index (κ1) is 20.0. The fourth-order valence-electron chi connectivity index (χ4n) is 2.50. The van der Waals surface area contributed by atoms with Gasteiger partial charge in [-0.15, -0.1) is 10.2 Å².